The van der Waals surface area contributed by atoms with Crippen molar-refractivity contribution in [2.24, 2.45) is 0 Å². The van der Waals surface area contributed by atoms with Crippen LogP contribution in [0.25, 0.3) is 11.2 Å². The molecule has 2 heterocycles. The van der Waals surface area contributed by atoms with Crippen LogP contribution in [0.5, 0.6) is 0 Å². The number of aromatic amines is 1. The number of nitrogens with one attached hydrogen (secondary N) is 1. The smallest absolute Gasteiger partial charge is 0.316 e. The maximum absolute atomic E-state index is 10.7. The monoisotopic (exact) mass is 224 g/mol. The summed E-state index contributed by atoms with van der Waals surface area (Å²) in [6.07, 6.45) is 2.88. The van der Waals surface area contributed by atoms with Gasteiger partial charge in [0.1, 0.15) is 22.1 Å². The number of thioether (sulfide) groups is 1. The maximum Gasteiger partial charge on any atom is 0.316 e. The number of rotatable bonds is 3. The Hall–Kier alpha value is -1.63. The lowest BCUT2D eigenvalue weighted by atomic mass is 10.5. The minimum absolute atomic E-state index is 0.546. The molecule has 0 fully saturated rings. The van der Waals surface area contributed by atoms with Crippen LogP contribution < -0.4 is 0 Å². The Balaban J connectivity index is 2.35. The fraction of sp³-hybridized carbons (Fsp3) is 0.250. The van der Waals surface area contributed by atoms with E-state index in [2.05, 4.69) is 19.9 Å². The minimum atomic E-state index is -0.869. The molecule has 0 saturated heterocycles. The van der Waals surface area contributed by atoms with E-state index in [1.54, 1.807) is 6.92 Å². The van der Waals surface area contributed by atoms with E-state index in [4.69, 9.17) is 5.11 Å². The van der Waals surface area contributed by atoms with Crippen LogP contribution in [0.4, 0.5) is 0 Å². The van der Waals surface area contributed by atoms with E-state index < -0.39 is 11.2 Å². The minimum Gasteiger partial charge on any atom is -0.480 e. The fourth-order valence-corrected chi connectivity index (χ4v) is 1.86. The van der Waals surface area contributed by atoms with Gasteiger partial charge < -0.3 is 10.1 Å². The van der Waals surface area contributed by atoms with Crippen molar-refractivity contribution in [2.75, 3.05) is 0 Å². The van der Waals surface area contributed by atoms with Crippen LogP contribution >= 0.6 is 11.8 Å². The highest BCUT2D eigenvalue weighted by atomic mass is 32.2. The van der Waals surface area contributed by atoms with Crippen LogP contribution in [0.1, 0.15) is 6.92 Å². The second-order valence-electron chi connectivity index (χ2n) is 2.88. The summed E-state index contributed by atoms with van der Waals surface area (Å²) < 4.78 is 0. The largest absolute Gasteiger partial charge is 0.480 e. The molecule has 2 N–H and O–H groups in total. The zero-order chi connectivity index (χ0) is 10.8. The lowest BCUT2D eigenvalue weighted by Gasteiger charge is -2.04. The lowest BCUT2D eigenvalue weighted by Crippen LogP contribution is -2.11. The van der Waals surface area contributed by atoms with Crippen molar-refractivity contribution in [2.45, 2.75) is 17.2 Å². The molecule has 0 saturated carbocycles. The van der Waals surface area contributed by atoms with E-state index in [-0.39, 0.29) is 0 Å². The molecule has 2 rings (SSSR count). The maximum atomic E-state index is 10.7. The first kappa shape index (κ1) is 9.91. The van der Waals surface area contributed by atoms with E-state index in [1.807, 2.05) is 0 Å². The topological polar surface area (TPSA) is 91.8 Å². The molecule has 0 aliphatic heterocycles. The number of carbonyl (C=O) groups is 1. The highest BCUT2D eigenvalue weighted by Gasteiger charge is 2.16. The number of imidazole rings is 1. The van der Waals surface area contributed by atoms with Crippen molar-refractivity contribution in [3.63, 3.8) is 0 Å². The number of aromatic nitrogens is 4. The summed E-state index contributed by atoms with van der Waals surface area (Å²) in [4.78, 5) is 25.5. The van der Waals surface area contributed by atoms with Crippen LogP contribution in [-0.4, -0.2) is 36.3 Å². The van der Waals surface area contributed by atoms with E-state index >= 15 is 0 Å². The predicted octanol–water partition coefficient (Wildman–Crippen LogP) is 0.918. The van der Waals surface area contributed by atoms with Crippen LogP contribution in [0.15, 0.2) is 17.7 Å². The van der Waals surface area contributed by atoms with Gasteiger partial charge in [-0.25, -0.2) is 15.0 Å². The number of aliphatic carboxylic acids is 1. The van der Waals surface area contributed by atoms with Gasteiger partial charge in [0.05, 0.1) is 6.33 Å². The molecule has 0 spiro atoms. The molecule has 15 heavy (non-hydrogen) atoms. The van der Waals surface area contributed by atoms with E-state index in [0.29, 0.717) is 16.2 Å². The van der Waals surface area contributed by atoms with Crippen molar-refractivity contribution < 1.29 is 9.90 Å². The van der Waals surface area contributed by atoms with Gasteiger partial charge in [-0.05, 0) is 6.92 Å². The van der Waals surface area contributed by atoms with Crippen molar-refractivity contribution in [3.05, 3.63) is 12.7 Å². The molecular formula is C8H8N4O2S. The van der Waals surface area contributed by atoms with Crippen molar-refractivity contribution in [1.82, 2.24) is 19.9 Å². The molecule has 0 aromatic carbocycles. The zero-order valence-electron chi connectivity index (χ0n) is 7.84. The van der Waals surface area contributed by atoms with Gasteiger partial charge in [-0.3, -0.25) is 4.79 Å². The van der Waals surface area contributed by atoms with Crippen LogP contribution in [0.3, 0.4) is 0 Å². The van der Waals surface area contributed by atoms with Gasteiger partial charge in [-0.15, -0.1) is 0 Å². The summed E-state index contributed by atoms with van der Waals surface area (Å²) in [6.45, 7) is 1.61. The Morgan fingerprint density at radius 2 is 2.33 bits per heavy atom. The third-order valence-corrected chi connectivity index (χ3v) is 2.91. The first-order chi connectivity index (χ1) is 7.18. The summed E-state index contributed by atoms with van der Waals surface area (Å²) in [7, 11) is 0. The summed E-state index contributed by atoms with van der Waals surface area (Å²) in [5.74, 6) is -0.869. The summed E-state index contributed by atoms with van der Waals surface area (Å²) in [6, 6.07) is 0. The number of carboxylic acid groups (broad SMARTS) is 1. The van der Waals surface area contributed by atoms with Gasteiger partial charge in [0.25, 0.3) is 0 Å². The Kier molecular flexibility index (Phi) is 2.55. The molecule has 0 aliphatic carbocycles. The second-order valence-corrected chi connectivity index (χ2v) is 4.21. The Morgan fingerprint density at radius 1 is 1.53 bits per heavy atom. The molecule has 0 bridgehead atoms. The molecule has 6 nitrogen and oxygen atoms in total. The first-order valence-electron chi connectivity index (χ1n) is 4.22. The fourth-order valence-electron chi connectivity index (χ4n) is 1.05. The van der Waals surface area contributed by atoms with Gasteiger partial charge in [-0.1, -0.05) is 11.8 Å². The highest BCUT2D eigenvalue weighted by Crippen LogP contribution is 2.25. The molecule has 2 aromatic rings. The van der Waals surface area contributed by atoms with Crippen LogP contribution in [-0.2, 0) is 4.79 Å². The first-order valence-corrected chi connectivity index (χ1v) is 5.10. The number of nitrogens with zero attached hydrogens (tertiary/aromatic N) is 3. The normalized spacial score (nSPS) is 12.9. The summed E-state index contributed by atoms with van der Waals surface area (Å²) in [5.41, 5.74) is 1.22. The molecule has 78 valence electrons. The predicted molar refractivity (Wildman–Crippen MR) is 54.6 cm³/mol. The van der Waals surface area contributed by atoms with Crippen LogP contribution in [0, 0.1) is 0 Å². The van der Waals surface area contributed by atoms with Gasteiger partial charge in [0.2, 0.25) is 0 Å². The summed E-state index contributed by atoms with van der Waals surface area (Å²) in [5, 5.41) is 8.83. The average molecular weight is 224 g/mol. The molecule has 2 aromatic heterocycles. The van der Waals surface area contributed by atoms with Crippen molar-refractivity contribution in [1.29, 1.82) is 0 Å². The molecule has 0 unspecified atom stereocenters. The van der Waals surface area contributed by atoms with Gasteiger partial charge in [-0.2, -0.15) is 0 Å². The van der Waals surface area contributed by atoms with Crippen molar-refractivity contribution in [3.8, 4) is 0 Å². The standard InChI is InChI=1S/C8H8N4O2S/c1-4(8(13)14)15-7-5-6(10-2-9-5)11-3-12-7/h2-4H,1H3,(H,13,14)(H,9,10,11,12)/t4-/m0/s1. The van der Waals surface area contributed by atoms with Gasteiger partial charge in [0, 0.05) is 0 Å². The number of H-pyrrole nitrogens is 1. The molecular weight excluding hydrogens is 216 g/mol. The third kappa shape index (κ3) is 1.91. The van der Waals surface area contributed by atoms with Crippen LogP contribution in [0.2, 0.25) is 0 Å². The average Bonchev–Trinajstić information content (AvgIpc) is 2.66. The quantitative estimate of drug-likeness (QED) is 0.595. The highest BCUT2D eigenvalue weighted by molar-refractivity contribution is 8.00. The second kappa shape index (κ2) is 3.85. The SMILES string of the molecule is C[C@H](Sc1ncnc2nc[nH]c12)C(=O)O. The Bertz CT molecular complexity index is 498. The van der Waals surface area contributed by atoms with E-state index in [9.17, 15) is 4.79 Å². The third-order valence-electron chi connectivity index (χ3n) is 1.82. The van der Waals surface area contributed by atoms with E-state index in [0.717, 1.165) is 11.8 Å². The Labute approximate surface area is 89.2 Å². The number of carboxylic acids is 1. The van der Waals surface area contributed by atoms with E-state index in [1.165, 1.54) is 12.7 Å². The van der Waals surface area contributed by atoms with Crippen molar-refractivity contribution >= 4 is 28.9 Å². The molecule has 1 atom stereocenters. The zero-order valence-corrected chi connectivity index (χ0v) is 8.65. The van der Waals surface area contributed by atoms with Gasteiger partial charge >= 0.3 is 5.97 Å². The lowest BCUT2D eigenvalue weighted by molar-refractivity contribution is -0.136. The number of fused-ring (bicyclic) bond motifs is 1. The molecule has 0 amide bonds. The Morgan fingerprint density at radius 3 is 3.07 bits per heavy atom. The molecule has 7 heteroatoms. The molecule has 0 aliphatic rings. The summed E-state index contributed by atoms with van der Waals surface area (Å²) >= 11 is 1.16. The van der Waals surface area contributed by atoms with Gasteiger partial charge in [0.15, 0.2) is 5.65 Å². The number of hydrogen-bond donors (Lipinski definition) is 2. The number of hydrogen-bond acceptors (Lipinski definition) is 5. The molecule has 0 radical (unpaired) electrons.